The molecule has 0 saturated carbocycles. The Bertz CT molecular complexity index is 1530. The predicted molar refractivity (Wildman–Crippen MR) is 130 cm³/mol. The summed E-state index contributed by atoms with van der Waals surface area (Å²) in [5.74, 6) is -0.558. The molecule has 2 aliphatic rings. The largest absolute Gasteiger partial charge is 0.508 e. The lowest BCUT2D eigenvalue weighted by atomic mass is 9.93. The minimum absolute atomic E-state index is 0.00722. The van der Waals surface area contributed by atoms with Gasteiger partial charge >= 0.3 is 6.01 Å². The van der Waals surface area contributed by atoms with Gasteiger partial charge in [0.05, 0.1) is 23.6 Å². The van der Waals surface area contributed by atoms with Gasteiger partial charge in [-0.1, -0.05) is 17.7 Å². The molecular weight excluding hydrogens is 478 g/mol. The minimum atomic E-state index is -0.733. The number of phenolic OH excluding ortho intramolecular Hbond substituents is 1. The average Bonchev–Trinajstić information content (AvgIpc) is 3.02. The van der Waals surface area contributed by atoms with Crippen LogP contribution in [-0.4, -0.2) is 54.5 Å². The molecule has 3 heterocycles. The maximum atomic E-state index is 16.4. The van der Waals surface area contributed by atoms with Crippen LogP contribution in [0, 0.1) is 18.6 Å². The molecular formula is C25H21ClF2N4O3. The highest BCUT2D eigenvalue weighted by molar-refractivity contribution is 6.37. The number of ether oxygens (including phenoxy) is 2. The van der Waals surface area contributed by atoms with Crippen molar-refractivity contribution in [2.24, 2.45) is 0 Å². The first-order chi connectivity index (χ1) is 16.9. The number of aryl methyl sites for hydroxylation is 1. The van der Waals surface area contributed by atoms with Crippen LogP contribution in [0.2, 0.25) is 5.02 Å². The van der Waals surface area contributed by atoms with Crippen LogP contribution in [0.1, 0.15) is 5.56 Å². The Kier molecular flexibility index (Phi) is 5.08. The van der Waals surface area contributed by atoms with Crippen LogP contribution < -0.4 is 19.7 Å². The summed E-state index contributed by atoms with van der Waals surface area (Å²) in [5.41, 5.74) is 0.493. The molecule has 0 unspecified atom stereocenters. The van der Waals surface area contributed by atoms with Crippen molar-refractivity contribution in [1.82, 2.24) is 15.3 Å². The zero-order valence-electron chi connectivity index (χ0n) is 19.0. The van der Waals surface area contributed by atoms with E-state index in [0.29, 0.717) is 47.2 Å². The van der Waals surface area contributed by atoms with E-state index in [2.05, 4.69) is 20.2 Å². The number of fused-ring (bicyclic) bond motifs is 3. The maximum Gasteiger partial charge on any atom is 0.318 e. The third-order valence-electron chi connectivity index (χ3n) is 6.73. The molecule has 1 saturated heterocycles. The number of piperazine rings is 1. The number of anilines is 1. The van der Waals surface area contributed by atoms with Gasteiger partial charge < -0.3 is 24.8 Å². The molecule has 3 aromatic carbocycles. The molecule has 4 aromatic rings. The Hall–Kier alpha value is -3.43. The fraction of sp³-hybridized carbons (Fsp3) is 0.280. The van der Waals surface area contributed by atoms with E-state index in [-0.39, 0.29) is 45.2 Å². The van der Waals surface area contributed by atoms with Crippen LogP contribution in [-0.2, 0) is 0 Å². The van der Waals surface area contributed by atoms with E-state index in [1.54, 1.807) is 6.92 Å². The quantitative estimate of drug-likeness (QED) is 0.419. The average molecular weight is 499 g/mol. The second-order valence-electron chi connectivity index (χ2n) is 8.72. The number of halogens is 3. The molecule has 0 spiro atoms. The Morgan fingerprint density at radius 2 is 2.06 bits per heavy atom. The molecule has 1 fully saturated rings. The summed E-state index contributed by atoms with van der Waals surface area (Å²) in [4.78, 5) is 10.9. The van der Waals surface area contributed by atoms with Crippen molar-refractivity contribution in [1.29, 1.82) is 0 Å². The fourth-order valence-corrected chi connectivity index (χ4v) is 5.41. The second-order valence-corrected chi connectivity index (χ2v) is 9.09. The van der Waals surface area contributed by atoms with Crippen molar-refractivity contribution in [2.45, 2.75) is 13.0 Å². The van der Waals surface area contributed by atoms with Crippen molar-refractivity contribution in [2.75, 3.05) is 38.3 Å². The zero-order chi connectivity index (χ0) is 24.4. The Morgan fingerprint density at radius 3 is 2.86 bits per heavy atom. The fourth-order valence-electron chi connectivity index (χ4n) is 5.08. The highest BCUT2D eigenvalue weighted by atomic mass is 35.5. The molecule has 2 N–H and O–H groups in total. The maximum absolute atomic E-state index is 16.4. The summed E-state index contributed by atoms with van der Waals surface area (Å²) in [5, 5.41) is 15.1. The standard InChI is InChI=1S/C25H21ClF2N4O3/c1-11-16(27)4-3-12-7-14(33)8-15(17(11)12)18-20(26)23-19-22(21(18)28)30-25(34-2)31-24(19)32-6-5-29-9-13(32)10-35-23/h3-4,7-8,13,29,33H,5-6,9-10H2,1-2H3/t13-/m0/s1. The van der Waals surface area contributed by atoms with Crippen molar-refractivity contribution >= 4 is 39.1 Å². The van der Waals surface area contributed by atoms with E-state index >= 15 is 4.39 Å². The molecule has 35 heavy (non-hydrogen) atoms. The van der Waals surface area contributed by atoms with Gasteiger partial charge in [-0.3, -0.25) is 0 Å². The molecule has 0 amide bonds. The topological polar surface area (TPSA) is 79.7 Å². The first kappa shape index (κ1) is 22.1. The molecule has 10 heteroatoms. The lowest BCUT2D eigenvalue weighted by molar-refractivity contribution is 0.274. The Morgan fingerprint density at radius 1 is 1.23 bits per heavy atom. The van der Waals surface area contributed by atoms with Crippen molar-refractivity contribution in [3.63, 3.8) is 0 Å². The van der Waals surface area contributed by atoms with E-state index in [4.69, 9.17) is 21.1 Å². The highest BCUT2D eigenvalue weighted by Gasteiger charge is 2.35. The number of benzene rings is 3. The Balaban J connectivity index is 1.74. The number of phenols is 1. The summed E-state index contributed by atoms with van der Waals surface area (Å²) >= 11 is 6.86. The molecule has 0 bridgehead atoms. The second kappa shape index (κ2) is 8.07. The monoisotopic (exact) mass is 498 g/mol. The van der Waals surface area contributed by atoms with E-state index in [9.17, 15) is 9.50 Å². The molecule has 180 valence electrons. The van der Waals surface area contributed by atoms with Crippen LogP contribution in [0.5, 0.6) is 17.5 Å². The number of hydrogen-bond donors (Lipinski definition) is 2. The molecule has 0 radical (unpaired) electrons. The van der Waals surface area contributed by atoms with Gasteiger partial charge in [0.2, 0.25) is 0 Å². The summed E-state index contributed by atoms with van der Waals surface area (Å²) in [7, 11) is 1.42. The van der Waals surface area contributed by atoms with Crippen LogP contribution in [0.25, 0.3) is 32.8 Å². The van der Waals surface area contributed by atoms with Crippen molar-refractivity contribution < 1.29 is 23.4 Å². The summed E-state index contributed by atoms with van der Waals surface area (Å²) < 4.78 is 42.5. The van der Waals surface area contributed by atoms with Crippen LogP contribution in [0.15, 0.2) is 24.3 Å². The van der Waals surface area contributed by atoms with Gasteiger partial charge in [-0.25, -0.2) is 8.78 Å². The summed E-state index contributed by atoms with van der Waals surface area (Å²) in [6.45, 7) is 3.92. The molecule has 7 nitrogen and oxygen atoms in total. The number of hydrogen-bond acceptors (Lipinski definition) is 7. The summed E-state index contributed by atoms with van der Waals surface area (Å²) in [6, 6.07) is 5.67. The lowest BCUT2D eigenvalue weighted by Gasteiger charge is -2.35. The third-order valence-corrected chi connectivity index (χ3v) is 7.09. The van der Waals surface area contributed by atoms with Gasteiger partial charge in [0, 0.05) is 25.2 Å². The van der Waals surface area contributed by atoms with Crippen molar-refractivity contribution in [3.8, 4) is 28.6 Å². The molecule has 0 aliphatic carbocycles. The third kappa shape index (κ3) is 3.25. The van der Waals surface area contributed by atoms with Gasteiger partial charge in [-0.05, 0) is 47.0 Å². The van der Waals surface area contributed by atoms with E-state index in [1.807, 2.05) is 0 Å². The predicted octanol–water partition coefficient (Wildman–Crippen LogP) is 4.57. The van der Waals surface area contributed by atoms with Gasteiger partial charge in [0.1, 0.15) is 29.5 Å². The number of aromatic nitrogens is 2. The van der Waals surface area contributed by atoms with E-state index < -0.39 is 11.6 Å². The number of nitrogens with zero attached hydrogens (tertiary/aromatic N) is 3. The van der Waals surface area contributed by atoms with E-state index in [0.717, 1.165) is 6.54 Å². The van der Waals surface area contributed by atoms with Crippen LogP contribution in [0.4, 0.5) is 14.6 Å². The van der Waals surface area contributed by atoms with Gasteiger partial charge in [0.15, 0.2) is 11.6 Å². The Labute approximate surface area is 204 Å². The van der Waals surface area contributed by atoms with Crippen molar-refractivity contribution in [3.05, 3.63) is 46.5 Å². The molecule has 2 aliphatic heterocycles. The number of rotatable bonds is 2. The highest BCUT2D eigenvalue weighted by Crippen LogP contribution is 2.50. The molecule has 6 rings (SSSR count). The molecule has 1 atom stereocenters. The number of aromatic hydroxyl groups is 1. The van der Waals surface area contributed by atoms with Gasteiger partial charge in [-0.2, -0.15) is 9.97 Å². The first-order valence-electron chi connectivity index (χ1n) is 11.2. The SMILES string of the molecule is COc1nc2c3c(c(Cl)c(-c4cc(O)cc5ccc(F)c(C)c45)c(F)c3n1)OC[C@@H]1CNCCN21. The number of methoxy groups -OCH3 is 1. The van der Waals surface area contributed by atoms with Crippen LogP contribution >= 0.6 is 11.6 Å². The minimum Gasteiger partial charge on any atom is -0.508 e. The lowest BCUT2D eigenvalue weighted by Crippen LogP contribution is -2.53. The van der Waals surface area contributed by atoms with E-state index in [1.165, 1.54) is 31.4 Å². The van der Waals surface area contributed by atoms with Gasteiger partial charge in [0.25, 0.3) is 0 Å². The molecule has 1 aromatic heterocycles. The number of nitrogens with one attached hydrogen (secondary N) is 1. The smallest absolute Gasteiger partial charge is 0.318 e. The summed E-state index contributed by atoms with van der Waals surface area (Å²) in [6.07, 6.45) is 0. The van der Waals surface area contributed by atoms with Gasteiger partial charge in [-0.15, -0.1) is 0 Å². The zero-order valence-corrected chi connectivity index (χ0v) is 19.7. The van der Waals surface area contributed by atoms with Crippen LogP contribution in [0.3, 0.4) is 0 Å². The normalized spacial score (nSPS) is 17.3. The first-order valence-corrected chi connectivity index (χ1v) is 11.6.